The molecule has 1 heterocycles. The summed E-state index contributed by atoms with van der Waals surface area (Å²) < 4.78 is 27.4. The zero-order valence-electron chi connectivity index (χ0n) is 13.1. The molecule has 0 bridgehead atoms. The van der Waals surface area contributed by atoms with Crippen molar-refractivity contribution in [2.24, 2.45) is 11.0 Å². The van der Waals surface area contributed by atoms with Gasteiger partial charge in [0, 0.05) is 29.2 Å². The number of nitrogens with zero attached hydrogens (tertiary/aromatic N) is 2. The van der Waals surface area contributed by atoms with Crippen molar-refractivity contribution in [1.82, 2.24) is 9.73 Å². The van der Waals surface area contributed by atoms with Crippen LogP contribution in [0.1, 0.15) is 26.7 Å². The lowest BCUT2D eigenvalue weighted by atomic mass is 9.98. The van der Waals surface area contributed by atoms with Crippen LogP contribution in [0.4, 0.5) is 0 Å². The number of carbonyl (C=O) groups excluding carboxylic acids is 1. The van der Waals surface area contributed by atoms with Crippen LogP contribution in [0.3, 0.4) is 0 Å². The fourth-order valence-electron chi connectivity index (χ4n) is 2.37. The van der Waals surface area contributed by atoms with Gasteiger partial charge in [0.2, 0.25) is 15.9 Å². The van der Waals surface area contributed by atoms with Crippen LogP contribution < -0.4 is 5.43 Å². The minimum atomic E-state index is -3.50. The molecule has 2 rings (SSSR count). The Labute approximate surface area is 145 Å². The Kier molecular flexibility index (Phi) is 5.94. The first-order valence-corrected chi connectivity index (χ1v) is 9.60. The molecule has 0 unspecified atom stereocenters. The highest BCUT2D eigenvalue weighted by molar-refractivity contribution is 9.10. The van der Waals surface area contributed by atoms with Crippen molar-refractivity contribution >= 4 is 37.6 Å². The Morgan fingerprint density at radius 3 is 2.30 bits per heavy atom. The number of amides is 1. The molecule has 1 fully saturated rings. The minimum absolute atomic E-state index is 0.146. The first-order valence-electron chi connectivity index (χ1n) is 7.37. The first kappa shape index (κ1) is 18.1. The fourth-order valence-corrected chi connectivity index (χ4v) is 4.11. The third-order valence-electron chi connectivity index (χ3n) is 3.67. The topological polar surface area (TPSA) is 78.8 Å². The summed E-state index contributed by atoms with van der Waals surface area (Å²) in [6, 6.07) is 6.57. The van der Waals surface area contributed by atoms with E-state index < -0.39 is 10.0 Å². The molecule has 1 aromatic rings. The van der Waals surface area contributed by atoms with E-state index in [-0.39, 0.29) is 16.7 Å². The largest absolute Gasteiger partial charge is 0.273 e. The number of halogens is 1. The molecule has 1 aliphatic heterocycles. The van der Waals surface area contributed by atoms with Gasteiger partial charge in [-0.05, 0) is 51.0 Å². The Morgan fingerprint density at radius 2 is 1.78 bits per heavy atom. The number of hydrazone groups is 1. The summed E-state index contributed by atoms with van der Waals surface area (Å²) in [6.07, 6.45) is 1.000. The molecule has 0 aliphatic carbocycles. The van der Waals surface area contributed by atoms with Crippen LogP contribution >= 0.6 is 15.9 Å². The van der Waals surface area contributed by atoms with Crippen LogP contribution in [0, 0.1) is 5.92 Å². The minimum Gasteiger partial charge on any atom is -0.273 e. The Hall–Kier alpha value is -1.25. The van der Waals surface area contributed by atoms with E-state index in [4.69, 9.17) is 0 Å². The number of carbonyl (C=O) groups is 1. The summed E-state index contributed by atoms with van der Waals surface area (Å²) in [4.78, 5) is 12.2. The second kappa shape index (κ2) is 7.55. The Balaban J connectivity index is 1.99. The summed E-state index contributed by atoms with van der Waals surface area (Å²) in [5.74, 6) is -0.346. The predicted molar refractivity (Wildman–Crippen MR) is 92.6 cm³/mol. The highest BCUT2D eigenvalue weighted by atomic mass is 79.9. The van der Waals surface area contributed by atoms with Gasteiger partial charge in [-0.2, -0.15) is 9.41 Å². The van der Waals surface area contributed by atoms with Gasteiger partial charge < -0.3 is 0 Å². The molecule has 0 saturated carbocycles. The quantitative estimate of drug-likeness (QED) is 0.621. The number of rotatable bonds is 4. The van der Waals surface area contributed by atoms with Crippen molar-refractivity contribution in [3.8, 4) is 0 Å². The van der Waals surface area contributed by atoms with Crippen molar-refractivity contribution < 1.29 is 13.2 Å². The second-order valence-electron chi connectivity index (χ2n) is 5.67. The molecule has 1 saturated heterocycles. The van der Waals surface area contributed by atoms with Crippen molar-refractivity contribution in [2.75, 3.05) is 13.1 Å². The Bertz CT molecular complexity index is 689. The van der Waals surface area contributed by atoms with Gasteiger partial charge in [-0.1, -0.05) is 15.9 Å². The number of sulfonamides is 1. The molecule has 0 spiro atoms. The molecule has 0 radical (unpaired) electrons. The maximum absolute atomic E-state index is 12.6. The third kappa shape index (κ3) is 4.62. The summed E-state index contributed by atoms with van der Waals surface area (Å²) in [7, 11) is -3.50. The fraction of sp³-hybridized carbons (Fsp3) is 0.467. The van der Waals surface area contributed by atoms with E-state index in [1.807, 2.05) is 0 Å². The van der Waals surface area contributed by atoms with Crippen LogP contribution in [0.25, 0.3) is 0 Å². The molecule has 8 heteroatoms. The van der Waals surface area contributed by atoms with E-state index in [0.29, 0.717) is 25.9 Å². The molecule has 1 N–H and O–H groups in total. The molecule has 1 amide bonds. The first-order chi connectivity index (χ1) is 10.8. The number of hydrogen-bond acceptors (Lipinski definition) is 4. The summed E-state index contributed by atoms with van der Waals surface area (Å²) >= 11 is 3.29. The molecular weight excluding hydrogens is 382 g/mol. The van der Waals surface area contributed by atoms with Gasteiger partial charge in [0.25, 0.3) is 0 Å². The van der Waals surface area contributed by atoms with E-state index in [1.165, 1.54) is 4.31 Å². The number of piperidine rings is 1. The highest BCUT2D eigenvalue weighted by Gasteiger charge is 2.32. The molecular formula is C15H20BrN3O3S. The van der Waals surface area contributed by atoms with E-state index >= 15 is 0 Å². The summed E-state index contributed by atoms with van der Waals surface area (Å²) in [5, 5.41) is 3.90. The van der Waals surface area contributed by atoms with Crippen LogP contribution in [0.5, 0.6) is 0 Å². The van der Waals surface area contributed by atoms with E-state index in [2.05, 4.69) is 26.5 Å². The monoisotopic (exact) mass is 401 g/mol. The van der Waals surface area contributed by atoms with Crippen LogP contribution in [0.2, 0.25) is 0 Å². The lowest BCUT2D eigenvalue weighted by molar-refractivity contribution is -0.126. The zero-order valence-corrected chi connectivity index (χ0v) is 15.5. The maximum Gasteiger partial charge on any atom is 0.243 e. The van der Waals surface area contributed by atoms with Crippen molar-refractivity contribution in [2.45, 2.75) is 31.6 Å². The van der Waals surface area contributed by atoms with Gasteiger partial charge >= 0.3 is 0 Å². The SMILES string of the molecule is CC(C)=NNC(=O)C1CCN(S(=O)(=O)c2ccc(Br)cc2)CC1. The number of benzene rings is 1. The predicted octanol–water partition coefficient (Wildman–Crippen LogP) is 2.36. The molecule has 0 atom stereocenters. The van der Waals surface area contributed by atoms with Crippen molar-refractivity contribution in [3.05, 3.63) is 28.7 Å². The second-order valence-corrected chi connectivity index (χ2v) is 8.52. The summed E-state index contributed by atoms with van der Waals surface area (Å²) in [5.41, 5.74) is 3.29. The Morgan fingerprint density at radius 1 is 1.22 bits per heavy atom. The van der Waals surface area contributed by atoms with E-state index in [1.54, 1.807) is 38.1 Å². The molecule has 1 aliphatic rings. The number of hydrogen-bond donors (Lipinski definition) is 1. The molecule has 23 heavy (non-hydrogen) atoms. The van der Waals surface area contributed by atoms with Gasteiger partial charge in [0.05, 0.1) is 4.90 Å². The van der Waals surface area contributed by atoms with Crippen LogP contribution in [-0.2, 0) is 14.8 Å². The maximum atomic E-state index is 12.6. The zero-order chi connectivity index (χ0) is 17.0. The average Bonchev–Trinajstić information content (AvgIpc) is 2.53. The number of nitrogens with one attached hydrogen (secondary N) is 1. The molecule has 0 aromatic heterocycles. The third-order valence-corrected chi connectivity index (χ3v) is 6.11. The van der Waals surface area contributed by atoms with E-state index in [9.17, 15) is 13.2 Å². The van der Waals surface area contributed by atoms with Gasteiger partial charge in [-0.25, -0.2) is 13.8 Å². The van der Waals surface area contributed by atoms with Crippen LogP contribution in [-0.4, -0.2) is 37.4 Å². The van der Waals surface area contributed by atoms with Gasteiger partial charge in [-0.15, -0.1) is 0 Å². The molecule has 126 valence electrons. The highest BCUT2D eigenvalue weighted by Crippen LogP contribution is 2.24. The van der Waals surface area contributed by atoms with Gasteiger partial charge in [0.1, 0.15) is 0 Å². The van der Waals surface area contributed by atoms with Crippen molar-refractivity contribution in [3.63, 3.8) is 0 Å². The van der Waals surface area contributed by atoms with E-state index in [0.717, 1.165) is 10.2 Å². The summed E-state index contributed by atoms with van der Waals surface area (Å²) in [6.45, 7) is 4.28. The van der Waals surface area contributed by atoms with Crippen LogP contribution in [0.15, 0.2) is 38.7 Å². The standard InChI is InChI=1S/C15H20BrN3O3S/c1-11(2)17-18-15(20)12-7-9-19(10-8-12)23(21,22)14-5-3-13(16)4-6-14/h3-6,12H,7-10H2,1-2H3,(H,18,20). The van der Waals surface area contributed by atoms with Crippen molar-refractivity contribution in [1.29, 1.82) is 0 Å². The smallest absolute Gasteiger partial charge is 0.243 e. The van der Waals surface area contributed by atoms with Gasteiger partial charge in [-0.3, -0.25) is 4.79 Å². The lowest BCUT2D eigenvalue weighted by Gasteiger charge is -2.30. The van der Waals surface area contributed by atoms with Gasteiger partial charge in [0.15, 0.2) is 0 Å². The average molecular weight is 402 g/mol. The molecule has 1 aromatic carbocycles. The normalized spacial score (nSPS) is 16.8. The molecule has 6 nitrogen and oxygen atoms in total. The lowest BCUT2D eigenvalue weighted by Crippen LogP contribution is -2.42.